The first-order valence-electron chi connectivity index (χ1n) is 26.0. The van der Waals surface area contributed by atoms with Gasteiger partial charge in [0, 0.05) is 6.42 Å². The van der Waals surface area contributed by atoms with Crippen LogP contribution in [0, 0.1) is 0 Å². The summed E-state index contributed by atoms with van der Waals surface area (Å²) in [5.41, 5.74) is 0. The van der Waals surface area contributed by atoms with Crippen molar-refractivity contribution in [2.75, 3.05) is 6.61 Å². The molecule has 0 spiro atoms. The van der Waals surface area contributed by atoms with Crippen LogP contribution in [0.5, 0.6) is 0 Å². The molecule has 0 bridgehead atoms. The van der Waals surface area contributed by atoms with E-state index in [1.165, 1.54) is 109 Å². The van der Waals surface area contributed by atoms with E-state index >= 15 is 0 Å². The molecule has 0 saturated heterocycles. The molecule has 3 atom stereocenters. The molecular formula is C55H99NO5. The second-order valence-electron chi connectivity index (χ2n) is 17.6. The van der Waals surface area contributed by atoms with Gasteiger partial charge < -0.3 is 20.3 Å². The molecule has 0 radical (unpaired) electrons. The highest BCUT2D eigenvalue weighted by Gasteiger charge is 2.24. The number of aliphatic hydroxyl groups is 2. The van der Waals surface area contributed by atoms with Crippen LogP contribution in [-0.2, 0) is 14.3 Å². The number of unbranched alkanes of at least 4 members (excludes halogenated alkanes) is 24. The Hall–Kier alpha value is -2.44. The number of carbonyl (C=O) groups excluding carboxylic acids is 2. The van der Waals surface area contributed by atoms with Crippen molar-refractivity contribution in [3.05, 3.63) is 60.8 Å². The number of ether oxygens (including phenoxy) is 1. The molecule has 61 heavy (non-hydrogen) atoms. The number of hydrogen-bond acceptors (Lipinski definition) is 5. The highest BCUT2D eigenvalue weighted by molar-refractivity contribution is 5.77. The molecule has 6 heteroatoms. The van der Waals surface area contributed by atoms with Gasteiger partial charge in [0.1, 0.15) is 6.10 Å². The van der Waals surface area contributed by atoms with Gasteiger partial charge >= 0.3 is 5.97 Å². The van der Waals surface area contributed by atoms with Crippen LogP contribution in [0.3, 0.4) is 0 Å². The van der Waals surface area contributed by atoms with Crippen LogP contribution >= 0.6 is 0 Å². The van der Waals surface area contributed by atoms with Gasteiger partial charge in [0.15, 0.2) is 0 Å². The van der Waals surface area contributed by atoms with Crippen molar-refractivity contribution in [3.8, 4) is 0 Å². The SMILES string of the molecule is CCCCC/C=C\C/C=C\C/C=C\C/C=C\CCCCCC(=O)OC(CCCCC/C=C/CCCCCCCCC)CC(=O)NC(CO)C(O)CCCCCCCCCCC. The van der Waals surface area contributed by atoms with Crippen LogP contribution in [0.4, 0.5) is 0 Å². The van der Waals surface area contributed by atoms with Crippen molar-refractivity contribution in [3.63, 3.8) is 0 Å². The smallest absolute Gasteiger partial charge is 0.306 e. The van der Waals surface area contributed by atoms with Crippen LogP contribution in [0.1, 0.15) is 252 Å². The number of esters is 1. The zero-order chi connectivity index (χ0) is 44.5. The monoisotopic (exact) mass is 854 g/mol. The summed E-state index contributed by atoms with van der Waals surface area (Å²) in [4.78, 5) is 26.1. The first-order chi connectivity index (χ1) is 30.0. The Balaban J connectivity index is 4.64. The fourth-order valence-electron chi connectivity index (χ4n) is 7.58. The maximum Gasteiger partial charge on any atom is 0.306 e. The van der Waals surface area contributed by atoms with Crippen LogP contribution in [0.15, 0.2) is 60.8 Å². The number of nitrogens with one attached hydrogen (secondary N) is 1. The molecule has 0 fully saturated rings. The zero-order valence-electron chi connectivity index (χ0n) is 40.3. The molecule has 354 valence electrons. The Morgan fingerprint density at radius 2 is 0.836 bits per heavy atom. The van der Waals surface area contributed by atoms with Gasteiger partial charge in [-0.25, -0.2) is 0 Å². The fourth-order valence-corrected chi connectivity index (χ4v) is 7.58. The zero-order valence-corrected chi connectivity index (χ0v) is 40.3. The molecule has 0 aliphatic rings. The lowest BCUT2D eigenvalue weighted by Crippen LogP contribution is -2.46. The normalized spacial score (nSPS) is 13.7. The molecule has 0 aromatic carbocycles. The second kappa shape index (κ2) is 48.6. The van der Waals surface area contributed by atoms with Crippen LogP contribution in [-0.4, -0.2) is 46.9 Å². The lowest BCUT2D eigenvalue weighted by atomic mass is 10.0. The lowest BCUT2D eigenvalue weighted by Gasteiger charge is -2.24. The molecule has 0 saturated carbocycles. The van der Waals surface area contributed by atoms with Gasteiger partial charge in [0.2, 0.25) is 5.91 Å². The number of amides is 1. The summed E-state index contributed by atoms with van der Waals surface area (Å²) < 4.78 is 5.91. The molecule has 6 nitrogen and oxygen atoms in total. The van der Waals surface area contributed by atoms with E-state index in [2.05, 4.69) is 86.8 Å². The van der Waals surface area contributed by atoms with Crippen molar-refractivity contribution < 1.29 is 24.5 Å². The summed E-state index contributed by atoms with van der Waals surface area (Å²) in [5, 5.41) is 23.7. The maximum atomic E-state index is 13.2. The Labute approximate surface area is 378 Å². The molecule has 0 aliphatic carbocycles. The lowest BCUT2D eigenvalue weighted by molar-refractivity contribution is -0.151. The van der Waals surface area contributed by atoms with Crippen molar-refractivity contribution in [2.24, 2.45) is 0 Å². The highest BCUT2D eigenvalue weighted by atomic mass is 16.5. The van der Waals surface area contributed by atoms with Gasteiger partial charge in [-0.3, -0.25) is 9.59 Å². The minimum absolute atomic E-state index is 0.0530. The van der Waals surface area contributed by atoms with Gasteiger partial charge in [-0.05, 0) is 96.3 Å². The Bertz CT molecular complexity index is 1090. The minimum atomic E-state index is -0.797. The molecule has 0 aromatic rings. The van der Waals surface area contributed by atoms with E-state index in [9.17, 15) is 19.8 Å². The van der Waals surface area contributed by atoms with E-state index in [0.717, 1.165) is 96.3 Å². The van der Waals surface area contributed by atoms with Crippen LogP contribution < -0.4 is 5.32 Å². The summed E-state index contributed by atoms with van der Waals surface area (Å²) >= 11 is 0. The van der Waals surface area contributed by atoms with Gasteiger partial charge in [0.05, 0.1) is 25.2 Å². The van der Waals surface area contributed by atoms with Crippen molar-refractivity contribution in [1.82, 2.24) is 5.32 Å². The van der Waals surface area contributed by atoms with Gasteiger partial charge in [-0.15, -0.1) is 0 Å². The number of carbonyl (C=O) groups is 2. The Morgan fingerprint density at radius 3 is 1.33 bits per heavy atom. The first-order valence-corrected chi connectivity index (χ1v) is 26.0. The second-order valence-corrected chi connectivity index (χ2v) is 17.6. The standard InChI is InChI=1S/C55H99NO5/c1-4-7-10-13-16-19-21-23-25-26-27-28-29-31-33-36-39-42-45-48-55(60)61-51(46-43-40-37-35-32-30-24-22-20-17-14-11-8-5-2)49-54(59)56-52(50-57)53(58)47-44-41-38-34-18-15-12-9-6-3/h16,19,23,25,27-28,30-33,51-53,57-58H,4-15,17-18,20-22,24,26,29,34-50H2,1-3H3,(H,56,59)/b19-16-,25-23-,28-27-,32-30+,33-31-. The van der Waals surface area contributed by atoms with E-state index in [1.807, 2.05) is 0 Å². The molecule has 3 N–H and O–H groups in total. The van der Waals surface area contributed by atoms with Crippen molar-refractivity contribution >= 4 is 11.9 Å². The minimum Gasteiger partial charge on any atom is -0.462 e. The third kappa shape index (κ3) is 44.0. The predicted octanol–water partition coefficient (Wildman–Crippen LogP) is 15.6. The number of rotatable bonds is 46. The van der Waals surface area contributed by atoms with E-state index in [-0.39, 0.29) is 24.9 Å². The summed E-state index contributed by atoms with van der Waals surface area (Å²) in [5.74, 6) is -0.525. The quantitative estimate of drug-likeness (QED) is 0.0322. The summed E-state index contributed by atoms with van der Waals surface area (Å²) in [6, 6.07) is -0.713. The summed E-state index contributed by atoms with van der Waals surface area (Å²) in [6.45, 7) is 6.42. The Kier molecular flexibility index (Phi) is 46.6. The van der Waals surface area contributed by atoms with E-state index in [4.69, 9.17) is 4.74 Å². The van der Waals surface area contributed by atoms with Crippen molar-refractivity contribution in [2.45, 2.75) is 270 Å². The highest BCUT2D eigenvalue weighted by Crippen LogP contribution is 2.17. The number of aliphatic hydroxyl groups excluding tert-OH is 2. The average Bonchev–Trinajstić information content (AvgIpc) is 3.25. The third-order valence-corrected chi connectivity index (χ3v) is 11.6. The molecular weight excluding hydrogens is 755 g/mol. The molecule has 0 heterocycles. The topological polar surface area (TPSA) is 95.9 Å². The first kappa shape index (κ1) is 58.6. The van der Waals surface area contributed by atoms with Gasteiger partial charge in [-0.2, -0.15) is 0 Å². The summed E-state index contributed by atoms with van der Waals surface area (Å²) in [7, 11) is 0. The molecule has 0 aliphatic heterocycles. The van der Waals surface area contributed by atoms with Crippen LogP contribution in [0.2, 0.25) is 0 Å². The third-order valence-electron chi connectivity index (χ3n) is 11.6. The summed E-state index contributed by atoms with van der Waals surface area (Å²) in [6.07, 6.45) is 60.0. The molecule has 1 amide bonds. The number of allylic oxidation sites excluding steroid dienone is 10. The van der Waals surface area contributed by atoms with Crippen molar-refractivity contribution in [1.29, 1.82) is 0 Å². The van der Waals surface area contributed by atoms with E-state index in [0.29, 0.717) is 19.3 Å². The van der Waals surface area contributed by atoms with E-state index in [1.54, 1.807) is 0 Å². The maximum absolute atomic E-state index is 13.2. The molecule has 0 aromatic heterocycles. The Morgan fingerprint density at radius 1 is 0.475 bits per heavy atom. The van der Waals surface area contributed by atoms with Gasteiger partial charge in [-0.1, -0.05) is 204 Å². The average molecular weight is 854 g/mol. The van der Waals surface area contributed by atoms with Gasteiger partial charge in [0.25, 0.3) is 0 Å². The molecule has 3 unspecified atom stereocenters. The fraction of sp³-hybridized carbons (Fsp3) is 0.782. The number of hydrogen-bond donors (Lipinski definition) is 3. The van der Waals surface area contributed by atoms with Crippen LogP contribution in [0.25, 0.3) is 0 Å². The molecule has 0 rings (SSSR count). The van der Waals surface area contributed by atoms with E-state index < -0.39 is 18.2 Å². The largest absolute Gasteiger partial charge is 0.462 e. The predicted molar refractivity (Wildman–Crippen MR) is 264 cm³/mol.